The van der Waals surface area contributed by atoms with Gasteiger partial charge in [0.1, 0.15) is 48.8 Å². The highest BCUT2D eigenvalue weighted by atomic mass is 16.8. The first-order chi connectivity index (χ1) is 14.7. The van der Waals surface area contributed by atoms with Crippen LogP contribution in [0, 0.1) is 6.92 Å². The minimum absolute atomic E-state index is 0.132. The van der Waals surface area contributed by atoms with Gasteiger partial charge in [0.05, 0.1) is 19.8 Å². The molecule has 11 heteroatoms. The van der Waals surface area contributed by atoms with Crippen LogP contribution in [0.2, 0.25) is 0 Å². The van der Waals surface area contributed by atoms with E-state index in [-0.39, 0.29) is 13.2 Å². The van der Waals surface area contributed by atoms with Crippen LogP contribution in [0.4, 0.5) is 0 Å². The molecule has 1 aromatic rings. The SMILES string of the molecule is Cc1ccc(COC[C@H]2O[C@H](O[C@H]3O[C@H](CO)[C@@H](O)[C@H](O)[C@H]3O)[C@H](O)[C@@H](O)[C@@H]2O)cc1. The standard InChI is InChI=1S/C20H30O11/c1-9-2-4-10(5-3-9)7-28-8-12-14(23)16(25)18(27)20(30-12)31-19-17(26)15(24)13(22)11(6-21)29-19/h2-5,11-27H,6-8H2,1H3/t11-,12-,13-,14-,15+,16+,17-,18-,19-,20-/m1/s1. The maximum Gasteiger partial charge on any atom is 0.189 e. The van der Waals surface area contributed by atoms with Crippen LogP contribution in [0.15, 0.2) is 24.3 Å². The Morgan fingerprint density at radius 2 is 1.26 bits per heavy atom. The van der Waals surface area contributed by atoms with E-state index in [0.717, 1.165) is 11.1 Å². The summed E-state index contributed by atoms with van der Waals surface area (Å²) in [6.45, 7) is 1.39. The summed E-state index contributed by atoms with van der Waals surface area (Å²) in [6.07, 6.45) is -15.2. The first kappa shape index (κ1) is 24.4. The van der Waals surface area contributed by atoms with Crippen LogP contribution in [0.3, 0.4) is 0 Å². The fourth-order valence-electron chi connectivity index (χ4n) is 3.46. The van der Waals surface area contributed by atoms with Gasteiger partial charge in [-0.15, -0.1) is 0 Å². The highest BCUT2D eigenvalue weighted by molar-refractivity contribution is 5.20. The minimum Gasteiger partial charge on any atom is -0.394 e. The average Bonchev–Trinajstić information content (AvgIpc) is 2.76. The molecule has 11 nitrogen and oxygen atoms in total. The molecule has 2 fully saturated rings. The lowest BCUT2D eigenvalue weighted by atomic mass is 9.98. The second kappa shape index (κ2) is 10.6. The van der Waals surface area contributed by atoms with E-state index in [4.69, 9.17) is 18.9 Å². The van der Waals surface area contributed by atoms with E-state index in [1.807, 2.05) is 31.2 Å². The Morgan fingerprint density at radius 3 is 1.81 bits per heavy atom. The summed E-state index contributed by atoms with van der Waals surface area (Å²) in [6, 6.07) is 7.62. The molecule has 31 heavy (non-hydrogen) atoms. The van der Waals surface area contributed by atoms with E-state index in [2.05, 4.69) is 0 Å². The van der Waals surface area contributed by atoms with Gasteiger partial charge < -0.3 is 54.7 Å². The van der Waals surface area contributed by atoms with Crippen LogP contribution >= 0.6 is 0 Å². The number of hydrogen-bond acceptors (Lipinski definition) is 11. The number of aliphatic hydroxyl groups excluding tert-OH is 7. The van der Waals surface area contributed by atoms with Crippen molar-refractivity contribution in [2.75, 3.05) is 13.2 Å². The molecule has 2 aliphatic heterocycles. The molecule has 1 aromatic carbocycles. The third kappa shape index (κ3) is 5.59. The normalized spacial score (nSPS) is 41.3. The van der Waals surface area contributed by atoms with Crippen molar-refractivity contribution in [1.29, 1.82) is 0 Å². The maximum atomic E-state index is 10.2. The Balaban J connectivity index is 1.60. The Morgan fingerprint density at radius 1 is 0.742 bits per heavy atom. The lowest BCUT2D eigenvalue weighted by Gasteiger charge is -2.44. The van der Waals surface area contributed by atoms with E-state index in [9.17, 15) is 35.7 Å². The second-order valence-corrected chi connectivity index (χ2v) is 7.85. The quantitative estimate of drug-likeness (QED) is 0.229. The predicted octanol–water partition coefficient (Wildman–Crippen LogP) is -2.86. The summed E-state index contributed by atoms with van der Waals surface area (Å²) in [5.74, 6) is 0. The molecule has 2 heterocycles. The van der Waals surface area contributed by atoms with Gasteiger partial charge in [0.2, 0.25) is 0 Å². The Hall–Kier alpha value is -1.22. The molecule has 3 rings (SSSR count). The van der Waals surface area contributed by atoms with E-state index in [1.54, 1.807) is 0 Å². The Kier molecular flexibility index (Phi) is 8.35. The lowest BCUT2D eigenvalue weighted by Crippen LogP contribution is -2.63. The molecule has 0 radical (unpaired) electrons. The van der Waals surface area contributed by atoms with Gasteiger partial charge in [-0.25, -0.2) is 0 Å². The molecule has 0 amide bonds. The fourth-order valence-corrected chi connectivity index (χ4v) is 3.46. The number of ether oxygens (including phenoxy) is 4. The molecule has 0 unspecified atom stereocenters. The summed E-state index contributed by atoms with van der Waals surface area (Å²) in [7, 11) is 0. The van der Waals surface area contributed by atoms with Gasteiger partial charge in [0.15, 0.2) is 12.6 Å². The highest BCUT2D eigenvalue weighted by Crippen LogP contribution is 2.28. The topological polar surface area (TPSA) is 179 Å². The zero-order valence-corrected chi connectivity index (χ0v) is 17.0. The summed E-state index contributed by atoms with van der Waals surface area (Å²) >= 11 is 0. The lowest BCUT2D eigenvalue weighted by molar-refractivity contribution is -0.377. The third-order valence-corrected chi connectivity index (χ3v) is 5.46. The van der Waals surface area contributed by atoms with Crippen molar-refractivity contribution < 1.29 is 54.7 Å². The number of aliphatic hydroxyl groups is 7. The molecular weight excluding hydrogens is 416 g/mol. The van der Waals surface area contributed by atoms with Crippen molar-refractivity contribution in [3.05, 3.63) is 35.4 Å². The highest BCUT2D eigenvalue weighted by Gasteiger charge is 2.49. The maximum absolute atomic E-state index is 10.2. The van der Waals surface area contributed by atoms with Gasteiger partial charge in [-0.2, -0.15) is 0 Å². The van der Waals surface area contributed by atoms with Crippen molar-refractivity contribution in [3.63, 3.8) is 0 Å². The van der Waals surface area contributed by atoms with Gasteiger partial charge in [-0.05, 0) is 12.5 Å². The van der Waals surface area contributed by atoms with E-state index in [1.165, 1.54) is 0 Å². The molecule has 7 N–H and O–H groups in total. The summed E-state index contributed by atoms with van der Waals surface area (Å²) in [5.41, 5.74) is 1.99. The molecule has 2 saturated heterocycles. The number of benzene rings is 1. The number of aryl methyl sites for hydroxylation is 1. The second-order valence-electron chi connectivity index (χ2n) is 7.85. The molecule has 0 bridgehead atoms. The first-order valence-corrected chi connectivity index (χ1v) is 10.0. The molecule has 2 aliphatic rings. The van der Waals surface area contributed by atoms with Crippen molar-refractivity contribution >= 4 is 0 Å². The van der Waals surface area contributed by atoms with Crippen molar-refractivity contribution in [2.45, 2.75) is 74.9 Å². The van der Waals surface area contributed by atoms with Gasteiger partial charge in [-0.1, -0.05) is 29.8 Å². The van der Waals surface area contributed by atoms with Gasteiger partial charge >= 0.3 is 0 Å². The first-order valence-electron chi connectivity index (χ1n) is 10.0. The zero-order valence-electron chi connectivity index (χ0n) is 17.0. The molecule has 0 aliphatic carbocycles. The van der Waals surface area contributed by atoms with E-state index in [0.29, 0.717) is 0 Å². The van der Waals surface area contributed by atoms with Crippen molar-refractivity contribution in [3.8, 4) is 0 Å². The average molecular weight is 446 g/mol. The molecule has 0 saturated carbocycles. The minimum atomic E-state index is -1.71. The van der Waals surface area contributed by atoms with Crippen LogP contribution < -0.4 is 0 Å². The molecule has 0 aromatic heterocycles. The summed E-state index contributed by atoms with van der Waals surface area (Å²) in [5, 5.41) is 69.7. The van der Waals surface area contributed by atoms with E-state index >= 15 is 0 Å². The van der Waals surface area contributed by atoms with Crippen molar-refractivity contribution in [2.24, 2.45) is 0 Å². The molecule has 0 spiro atoms. The van der Waals surface area contributed by atoms with Crippen LogP contribution in [0.1, 0.15) is 11.1 Å². The van der Waals surface area contributed by atoms with Gasteiger partial charge in [0, 0.05) is 0 Å². The Labute approximate surface area is 179 Å². The molecule has 176 valence electrons. The number of rotatable bonds is 7. The van der Waals surface area contributed by atoms with Gasteiger partial charge in [0.25, 0.3) is 0 Å². The summed E-state index contributed by atoms with van der Waals surface area (Å²) < 4.78 is 21.7. The Bertz CT molecular complexity index is 684. The zero-order chi connectivity index (χ0) is 22.7. The van der Waals surface area contributed by atoms with Crippen LogP contribution in [0.25, 0.3) is 0 Å². The van der Waals surface area contributed by atoms with Crippen LogP contribution in [-0.4, -0.2) is 110 Å². The monoisotopic (exact) mass is 446 g/mol. The van der Waals surface area contributed by atoms with Crippen LogP contribution in [0.5, 0.6) is 0 Å². The van der Waals surface area contributed by atoms with Crippen LogP contribution in [-0.2, 0) is 25.6 Å². The molecule has 10 atom stereocenters. The third-order valence-electron chi connectivity index (χ3n) is 5.46. The smallest absolute Gasteiger partial charge is 0.189 e. The largest absolute Gasteiger partial charge is 0.394 e. The fraction of sp³-hybridized carbons (Fsp3) is 0.700. The number of hydrogen-bond donors (Lipinski definition) is 7. The van der Waals surface area contributed by atoms with Gasteiger partial charge in [-0.3, -0.25) is 0 Å². The van der Waals surface area contributed by atoms with Crippen molar-refractivity contribution in [1.82, 2.24) is 0 Å². The predicted molar refractivity (Wildman–Crippen MR) is 102 cm³/mol. The van der Waals surface area contributed by atoms with E-state index < -0.39 is 68.0 Å². The molecular formula is C20H30O11. The summed E-state index contributed by atoms with van der Waals surface area (Å²) in [4.78, 5) is 0.